The second kappa shape index (κ2) is 7.34. The van der Waals surface area contributed by atoms with Crippen LogP contribution in [0.25, 0.3) is 0 Å². The van der Waals surface area contributed by atoms with Crippen LogP contribution in [0.5, 0.6) is 0 Å². The summed E-state index contributed by atoms with van der Waals surface area (Å²) < 4.78 is 4.58. The molecule has 1 rings (SSSR count). The molecule has 0 saturated carbocycles. The molecule has 0 aliphatic carbocycles. The number of hydrogen-bond acceptors (Lipinski definition) is 6. The quantitative estimate of drug-likeness (QED) is 0.290. The predicted octanol–water partition coefficient (Wildman–Crippen LogP) is -9.21. The topological polar surface area (TPSA) is 110 Å². The molecule has 1 aliphatic rings. The minimum atomic E-state index is -1.57. The minimum Gasteiger partial charge on any atom is -1.00 e. The molecule has 5 N–H and O–H groups in total. The summed E-state index contributed by atoms with van der Waals surface area (Å²) in [5.74, 6) is 0. The second-order valence-corrected chi connectivity index (χ2v) is 2.72. The van der Waals surface area contributed by atoms with Crippen molar-refractivity contribution in [1.82, 2.24) is 0 Å². The molecule has 0 radical (unpaired) electrons. The molecule has 0 bridgehead atoms. The number of ether oxygens (including phenoxy) is 1. The van der Waals surface area contributed by atoms with E-state index in [1.165, 1.54) is 0 Å². The Bertz CT molecular complexity index is 157. The van der Waals surface area contributed by atoms with Crippen LogP contribution < -0.4 is 42.0 Å². The van der Waals surface area contributed by atoms with Crippen LogP contribution >= 0.6 is 0 Å². The van der Waals surface area contributed by atoms with Gasteiger partial charge < -0.3 is 42.7 Å². The Labute approximate surface area is 109 Å². The van der Waals surface area contributed by atoms with Gasteiger partial charge >= 0.3 is 29.6 Å². The summed E-state index contributed by atoms with van der Waals surface area (Å²) >= 11 is 0. The maximum Gasteiger partial charge on any atom is 1.00 e. The first-order valence-electron chi connectivity index (χ1n) is 3.56. The van der Waals surface area contributed by atoms with Crippen molar-refractivity contribution in [2.75, 3.05) is 6.61 Å². The van der Waals surface area contributed by atoms with Gasteiger partial charge in [-0.15, -0.1) is 0 Å². The first-order valence-corrected chi connectivity index (χ1v) is 3.56. The van der Waals surface area contributed by atoms with Gasteiger partial charge in [-0.05, 0) is 0 Å². The number of rotatable bonds is 1. The molecule has 0 amide bonds. The molecule has 8 heteroatoms. The summed E-state index contributed by atoms with van der Waals surface area (Å²) in [7, 11) is 0. The smallest absolute Gasteiger partial charge is 1.00 e. The molecule has 0 spiro atoms. The van der Waals surface area contributed by atoms with Gasteiger partial charge in [-0.3, -0.25) is 0 Å². The number of halogens is 1. The van der Waals surface area contributed by atoms with Crippen molar-refractivity contribution in [2.24, 2.45) is 0 Å². The van der Waals surface area contributed by atoms with Crippen molar-refractivity contribution in [3.63, 3.8) is 0 Å². The molecule has 1 heterocycles. The van der Waals surface area contributed by atoms with Crippen LogP contribution in [0.3, 0.4) is 0 Å². The van der Waals surface area contributed by atoms with Crippen LogP contribution in [0.2, 0.25) is 0 Å². The van der Waals surface area contributed by atoms with Gasteiger partial charge in [0.25, 0.3) is 0 Å². The minimum absolute atomic E-state index is 0. The molecule has 1 aliphatic heterocycles. The Morgan fingerprint density at radius 3 is 1.86 bits per heavy atom. The molecule has 14 heavy (non-hydrogen) atoms. The third kappa shape index (κ3) is 3.57. The average Bonchev–Trinajstić information content (AvgIpc) is 2.08. The molecule has 80 valence electrons. The van der Waals surface area contributed by atoms with Gasteiger partial charge in [0.2, 0.25) is 0 Å². The summed E-state index contributed by atoms with van der Waals surface area (Å²) in [6.07, 6.45) is -7.04. The standard InChI is InChI=1S/C6H12O6.ClH.Na/c7-1-2-3(8)4(9)5(10)6(11)12-2;;/h2-11H,1H2;1H;/q;;+1/p-1. The molecule has 0 aromatic carbocycles. The van der Waals surface area contributed by atoms with Crippen molar-refractivity contribution < 1.29 is 72.2 Å². The van der Waals surface area contributed by atoms with E-state index in [1.807, 2.05) is 0 Å². The Morgan fingerprint density at radius 1 is 0.929 bits per heavy atom. The van der Waals surface area contributed by atoms with E-state index < -0.39 is 37.3 Å². The van der Waals surface area contributed by atoms with Gasteiger partial charge in [0, 0.05) is 0 Å². The van der Waals surface area contributed by atoms with E-state index in [0.717, 1.165) is 0 Å². The van der Waals surface area contributed by atoms with E-state index in [2.05, 4.69) is 4.74 Å². The first-order chi connectivity index (χ1) is 5.57. The number of aliphatic hydroxyl groups is 5. The summed E-state index contributed by atoms with van der Waals surface area (Å²) in [6.45, 7) is -0.526. The fourth-order valence-corrected chi connectivity index (χ4v) is 1.08. The summed E-state index contributed by atoms with van der Waals surface area (Å²) in [5, 5.41) is 44.7. The third-order valence-electron chi connectivity index (χ3n) is 1.87. The van der Waals surface area contributed by atoms with Gasteiger partial charge in [-0.25, -0.2) is 0 Å². The number of aliphatic hydroxyl groups excluding tert-OH is 5. The Hall–Kier alpha value is 1.05. The Morgan fingerprint density at radius 2 is 1.43 bits per heavy atom. The molecule has 1 saturated heterocycles. The zero-order chi connectivity index (χ0) is 9.30. The van der Waals surface area contributed by atoms with E-state index in [9.17, 15) is 0 Å². The monoisotopic (exact) mass is 238 g/mol. The molecule has 5 unspecified atom stereocenters. The second-order valence-electron chi connectivity index (χ2n) is 2.72. The number of hydrogen-bond donors (Lipinski definition) is 5. The van der Waals surface area contributed by atoms with E-state index >= 15 is 0 Å². The van der Waals surface area contributed by atoms with Crippen molar-refractivity contribution in [3.05, 3.63) is 0 Å². The van der Waals surface area contributed by atoms with E-state index in [-0.39, 0.29) is 42.0 Å². The zero-order valence-corrected chi connectivity index (χ0v) is 10.4. The largest absolute Gasteiger partial charge is 1.00 e. The van der Waals surface area contributed by atoms with Gasteiger partial charge in [-0.1, -0.05) is 0 Å². The normalized spacial score (nSPS) is 42.2. The van der Waals surface area contributed by atoms with Crippen molar-refractivity contribution in [3.8, 4) is 0 Å². The molecule has 1 fully saturated rings. The maximum absolute atomic E-state index is 9.12. The predicted molar refractivity (Wildman–Crippen MR) is 36.0 cm³/mol. The van der Waals surface area contributed by atoms with Crippen molar-refractivity contribution in [2.45, 2.75) is 30.7 Å². The third-order valence-corrected chi connectivity index (χ3v) is 1.87. The fourth-order valence-electron chi connectivity index (χ4n) is 1.08. The zero-order valence-electron chi connectivity index (χ0n) is 7.62. The summed E-state index contributed by atoms with van der Waals surface area (Å²) in [4.78, 5) is 0. The van der Waals surface area contributed by atoms with E-state index in [4.69, 9.17) is 25.5 Å². The fraction of sp³-hybridized carbons (Fsp3) is 1.00. The maximum atomic E-state index is 9.12. The van der Waals surface area contributed by atoms with Crippen LogP contribution in [0.1, 0.15) is 0 Å². The van der Waals surface area contributed by atoms with Crippen molar-refractivity contribution in [1.29, 1.82) is 0 Å². The van der Waals surface area contributed by atoms with Gasteiger partial charge in [0.1, 0.15) is 24.4 Å². The molecule has 5 atom stereocenters. The van der Waals surface area contributed by atoms with E-state index in [1.54, 1.807) is 0 Å². The van der Waals surface area contributed by atoms with Crippen molar-refractivity contribution >= 4 is 0 Å². The Kier molecular flexibility index (Phi) is 9.15. The molecular formula is C6H12ClNaO6. The van der Waals surface area contributed by atoms with E-state index in [0.29, 0.717) is 0 Å². The van der Waals surface area contributed by atoms with Crippen LogP contribution in [0, 0.1) is 0 Å². The molecule has 0 aromatic heterocycles. The summed E-state index contributed by atoms with van der Waals surface area (Å²) in [6, 6.07) is 0. The summed E-state index contributed by atoms with van der Waals surface area (Å²) in [5.41, 5.74) is 0. The van der Waals surface area contributed by atoms with Crippen LogP contribution in [0.15, 0.2) is 0 Å². The van der Waals surface area contributed by atoms with Gasteiger partial charge in [-0.2, -0.15) is 0 Å². The SMILES string of the molecule is OCC1OC(O)C(O)C(O)C1O.[Cl-].[Na+]. The van der Waals surface area contributed by atoms with Gasteiger partial charge in [0.05, 0.1) is 6.61 Å². The first kappa shape index (κ1) is 17.4. The van der Waals surface area contributed by atoms with Crippen LogP contribution in [0.4, 0.5) is 0 Å². The average molecular weight is 239 g/mol. The van der Waals surface area contributed by atoms with Crippen LogP contribution in [-0.2, 0) is 4.74 Å². The molecule has 0 aromatic rings. The molecular weight excluding hydrogens is 227 g/mol. The van der Waals surface area contributed by atoms with Crippen LogP contribution in [-0.4, -0.2) is 62.8 Å². The Balaban J connectivity index is 0. The van der Waals surface area contributed by atoms with Gasteiger partial charge in [0.15, 0.2) is 6.29 Å². The molecule has 6 nitrogen and oxygen atoms in total.